The zero-order valence-electron chi connectivity index (χ0n) is 2.67. The summed E-state index contributed by atoms with van der Waals surface area (Å²) >= 11 is -0.750. The Morgan fingerprint density at radius 3 is 1.20 bits per heavy atom. The van der Waals surface area contributed by atoms with Crippen LogP contribution in [0.5, 0.6) is 0 Å². The molecule has 0 radical (unpaired) electrons. The monoisotopic (exact) mass is 104 g/mol. The molecule has 0 saturated heterocycles. The molecule has 0 aliphatic rings. The summed E-state index contributed by atoms with van der Waals surface area (Å²) in [6.07, 6.45) is 0. The van der Waals surface area contributed by atoms with Crippen LogP contribution in [0, 0.1) is 0 Å². The van der Waals surface area contributed by atoms with Gasteiger partial charge < -0.3 is 5.48 Å². The largest absolute Gasteiger partial charge is 1.00 e. The van der Waals surface area contributed by atoms with E-state index < -0.39 is 11.6 Å². The molecule has 3 nitrogen and oxygen atoms in total. The van der Waals surface area contributed by atoms with Crippen LogP contribution >= 0.6 is 0 Å². The summed E-state index contributed by atoms with van der Waals surface area (Å²) in [6, 6.07) is 0. The molecule has 0 fully saturated rings. The van der Waals surface area contributed by atoms with E-state index in [0.29, 0.717) is 0 Å². The molecule has 5 heteroatoms. The van der Waals surface area contributed by atoms with Crippen LogP contribution in [0.4, 0.5) is 0 Å². The molecule has 0 rings (SSSR count). The van der Waals surface area contributed by atoms with Gasteiger partial charge in [0.15, 0.2) is 0 Å². The quantitative estimate of drug-likeness (QED) is 0.296. The summed E-state index contributed by atoms with van der Waals surface area (Å²) in [6.45, 7) is 0. The maximum Gasteiger partial charge on any atom is 1.00 e. The van der Waals surface area contributed by atoms with Gasteiger partial charge in [-0.05, 0) is 0 Å². The molecule has 0 saturated carbocycles. The van der Waals surface area contributed by atoms with E-state index >= 15 is 0 Å². The van der Waals surface area contributed by atoms with Gasteiger partial charge in [-0.15, -0.1) is 0 Å². The van der Waals surface area contributed by atoms with Gasteiger partial charge in [-0.3, -0.25) is 0 Å². The predicted molar refractivity (Wildman–Crippen MR) is 10.9 cm³/mol. The van der Waals surface area contributed by atoms with Crippen LogP contribution in [0.25, 0.3) is 0 Å². The van der Waals surface area contributed by atoms with Crippen LogP contribution in [-0.2, 0) is 11.6 Å². The van der Waals surface area contributed by atoms with E-state index in [1.165, 1.54) is 0 Å². The zero-order chi connectivity index (χ0) is 2.71. The minimum Gasteiger partial charge on any atom is -0.870 e. The van der Waals surface area contributed by atoms with Crippen molar-refractivity contribution in [2.45, 2.75) is 0 Å². The fourth-order valence-electron chi connectivity index (χ4n) is 0. The summed E-state index contributed by atoms with van der Waals surface area (Å²) in [4.78, 5) is 0. The van der Waals surface area contributed by atoms with Crippen molar-refractivity contribution in [2.24, 2.45) is 0 Å². The van der Waals surface area contributed by atoms with Crippen LogP contribution < -0.4 is 29.6 Å². The van der Waals surface area contributed by atoms with E-state index in [9.17, 15) is 0 Å². The Hall–Kier alpha value is 0.780. The van der Waals surface area contributed by atoms with Crippen LogP contribution in [-0.4, -0.2) is 13.9 Å². The standard InChI is InChI=1S/Na.O2S.H2O/c;1-3-2;/h;;1H2/q+1;;/p-1. The van der Waals surface area contributed by atoms with Gasteiger partial charge in [0.25, 0.3) is 0 Å². The minimum absolute atomic E-state index is 0. The first kappa shape index (κ1) is 17.1. The SMILES string of the molecule is O=S=O.[Na+].[OH-]. The number of rotatable bonds is 0. The third kappa shape index (κ3) is 60.7. The Morgan fingerprint density at radius 1 is 1.20 bits per heavy atom. The van der Waals surface area contributed by atoms with E-state index in [2.05, 4.69) is 0 Å². The fraction of sp³-hybridized carbons (Fsp3) is 0. The Kier molecular flexibility index (Phi) is 73.7. The van der Waals surface area contributed by atoms with Crippen molar-refractivity contribution in [3.05, 3.63) is 0 Å². The van der Waals surface area contributed by atoms with Crippen molar-refractivity contribution in [3.8, 4) is 0 Å². The van der Waals surface area contributed by atoms with Gasteiger partial charge in [-0.1, -0.05) is 0 Å². The maximum absolute atomic E-state index is 8.29. The molecule has 1 N–H and O–H groups in total. The van der Waals surface area contributed by atoms with Crippen molar-refractivity contribution in [1.82, 2.24) is 0 Å². The summed E-state index contributed by atoms with van der Waals surface area (Å²) < 4.78 is 16.6. The first-order chi connectivity index (χ1) is 1.41. The Balaban J connectivity index is -0.0000000200. The van der Waals surface area contributed by atoms with Crippen LogP contribution in [0.15, 0.2) is 0 Å². The van der Waals surface area contributed by atoms with Gasteiger partial charge in [0.05, 0.1) is 0 Å². The first-order valence-electron chi connectivity index (χ1n) is 0.333. The van der Waals surface area contributed by atoms with E-state index in [1.54, 1.807) is 0 Å². The molecule has 0 aromatic heterocycles. The van der Waals surface area contributed by atoms with Crippen molar-refractivity contribution >= 4 is 11.6 Å². The van der Waals surface area contributed by atoms with Crippen molar-refractivity contribution < 1.29 is 43.5 Å². The summed E-state index contributed by atoms with van der Waals surface area (Å²) in [5.41, 5.74) is 0. The molecule has 0 bridgehead atoms. The third-order valence-electron chi connectivity index (χ3n) is 0. The summed E-state index contributed by atoms with van der Waals surface area (Å²) in [5.74, 6) is 0. The number of hydrogen-bond acceptors (Lipinski definition) is 3. The van der Waals surface area contributed by atoms with E-state index in [0.717, 1.165) is 0 Å². The Bertz CT molecular complexity index is 27.9. The Labute approximate surface area is 55.0 Å². The van der Waals surface area contributed by atoms with Crippen LogP contribution in [0.1, 0.15) is 0 Å². The molecular formula is HNaO3S. The van der Waals surface area contributed by atoms with Crippen molar-refractivity contribution in [3.63, 3.8) is 0 Å². The van der Waals surface area contributed by atoms with Crippen LogP contribution in [0.2, 0.25) is 0 Å². The second-order valence-electron chi connectivity index (χ2n) is 0.0680. The fourth-order valence-corrected chi connectivity index (χ4v) is 0. The van der Waals surface area contributed by atoms with E-state index in [-0.39, 0.29) is 35.0 Å². The molecule has 0 aromatic rings. The second-order valence-corrected chi connectivity index (χ2v) is 0.204. The molecule has 0 aliphatic carbocycles. The van der Waals surface area contributed by atoms with Crippen LogP contribution in [0.3, 0.4) is 0 Å². The summed E-state index contributed by atoms with van der Waals surface area (Å²) in [5, 5.41) is 0. The molecule has 0 unspecified atom stereocenters. The molecular weight excluding hydrogens is 103 g/mol. The molecule has 0 amide bonds. The third-order valence-corrected chi connectivity index (χ3v) is 0. The Morgan fingerprint density at radius 2 is 1.20 bits per heavy atom. The summed E-state index contributed by atoms with van der Waals surface area (Å²) in [7, 11) is 0. The topological polar surface area (TPSA) is 64.1 Å². The minimum atomic E-state index is -0.750. The van der Waals surface area contributed by atoms with Gasteiger partial charge in [0, 0.05) is 0 Å². The molecule has 0 heterocycles. The molecule has 0 aromatic carbocycles. The van der Waals surface area contributed by atoms with Gasteiger partial charge in [0.1, 0.15) is 0 Å². The van der Waals surface area contributed by atoms with E-state index in [4.69, 9.17) is 8.42 Å². The average molecular weight is 104 g/mol. The molecule has 0 spiro atoms. The molecule has 26 valence electrons. The first-order valence-corrected chi connectivity index (χ1v) is 1.00. The van der Waals surface area contributed by atoms with Gasteiger partial charge in [0.2, 0.25) is 0 Å². The van der Waals surface area contributed by atoms with Gasteiger partial charge >= 0.3 is 41.1 Å². The number of hydrogen-bond donors (Lipinski definition) is 0. The van der Waals surface area contributed by atoms with Crippen molar-refractivity contribution in [2.75, 3.05) is 0 Å². The van der Waals surface area contributed by atoms with E-state index in [1.807, 2.05) is 0 Å². The smallest absolute Gasteiger partial charge is 0.870 e. The van der Waals surface area contributed by atoms with Gasteiger partial charge in [-0.2, -0.15) is 8.42 Å². The average Bonchev–Trinajstić information content (AvgIpc) is 0.918. The molecule has 0 atom stereocenters. The molecule has 0 aliphatic heterocycles. The normalized spacial score (nSPS) is 2.40. The van der Waals surface area contributed by atoms with Crippen molar-refractivity contribution in [1.29, 1.82) is 0 Å². The zero-order valence-corrected chi connectivity index (χ0v) is 5.49. The second kappa shape index (κ2) is 21.6. The van der Waals surface area contributed by atoms with Gasteiger partial charge in [-0.25, -0.2) is 0 Å². The molecule has 5 heavy (non-hydrogen) atoms. The predicted octanol–water partition coefficient (Wildman–Crippen LogP) is -3.84. The maximum atomic E-state index is 8.29.